The lowest BCUT2D eigenvalue weighted by Gasteiger charge is -2.23. The van der Waals surface area contributed by atoms with Crippen LogP contribution in [-0.4, -0.2) is 12.2 Å². The molecule has 0 aliphatic heterocycles. The minimum absolute atomic E-state index is 1.00. The average molecular weight is 168 g/mol. The molecular weight excluding hydrogens is 148 g/mol. The van der Waals surface area contributed by atoms with Gasteiger partial charge in [0.15, 0.2) is 0 Å². The van der Waals surface area contributed by atoms with Gasteiger partial charge in [0.1, 0.15) is 0 Å². The van der Waals surface area contributed by atoms with Crippen LogP contribution in [-0.2, 0) is 0 Å². The first-order valence-electron chi connectivity index (χ1n) is 5.40. The molecule has 1 N–H and O–H groups in total. The highest BCUT2D eigenvalue weighted by Gasteiger charge is 2.48. The Morgan fingerprint density at radius 1 is 0.833 bits per heavy atom. The summed E-state index contributed by atoms with van der Waals surface area (Å²) in [6.07, 6.45) is 9.53. The average Bonchev–Trinajstić information content (AvgIpc) is 2.81. The molecule has 2 bridgehead atoms. The quantitative estimate of drug-likeness (QED) is 0.589. The van der Waals surface area contributed by atoms with E-state index in [9.17, 15) is 0 Å². The molecule has 3 fully saturated rings. The summed E-state index contributed by atoms with van der Waals surface area (Å²) in [5.41, 5.74) is 0. The summed E-state index contributed by atoms with van der Waals surface area (Å²) in [5, 5.41) is 7.00. The molecular formula is C11H20O. The first-order chi connectivity index (χ1) is 5.95. The smallest absolute Gasteiger partial charge is 0.0319 e. The fourth-order valence-corrected chi connectivity index (χ4v) is 4.02. The molecule has 1 heteroatoms. The summed E-state index contributed by atoms with van der Waals surface area (Å²) in [4.78, 5) is 0. The minimum atomic E-state index is 1.00. The molecule has 4 atom stereocenters. The van der Waals surface area contributed by atoms with E-state index in [0.717, 1.165) is 7.11 Å². The number of hydrogen-bond acceptors (Lipinski definition) is 1. The second-order valence-electron chi connectivity index (χ2n) is 4.59. The summed E-state index contributed by atoms with van der Waals surface area (Å²) < 4.78 is 0. The zero-order chi connectivity index (χ0) is 8.55. The molecule has 0 amide bonds. The third-order valence-electron chi connectivity index (χ3n) is 4.35. The molecule has 3 aliphatic carbocycles. The van der Waals surface area contributed by atoms with Gasteiger partial charge in [-0.05, 0) is 55.8 Å². The highest BCUT2D eigenvalue weighted by Crippen LogP contribution is 2.58. The molecule has 0 saturated heterocycles. The highest BCUT2D eigenvalue weighted by atomic mass is 16.2. The standard InChI is InChI=1S/C10H16.CH4O/c1-2-9-7-4-5-8(6-7)10(9)3-1;1-2/h7-10H,1-6H2;2H,1H3. The number of fused-ring (bicyclic) bond motifs is 5. The molecule has 3 rings (SSSR count). The molecule has 0 spiro atoms. The van der Waals surface area contributed by atoms with E-state index in [2.05, 4.69) is 0 Å². The van der Waals surface area contributed by atoms with Gasteiger partial charge >= 0.3 is 0 Å². The minimum Gasteiger partial charge on any atom is -0.400 e. The molecule has 0 aromatic carbocycles. The van der Waals surface area contributed by atoms with E-state index >= 15 is 0 Å². The summed E-state index contributed by atoms with van der Waals surface area (Å²) in [6.45, 7) is 0. The Morgan fingerprint density at radius 2 is 1.33 bits per heavy atom. The first-order valence-corrected chi connectivity index (χ1v) is 5.40. The first kappa shape index (κ1) is 8.55. The van der Waals surface area contributed by atoms with Crippen LogP contribution in [0.15, 0.2) is 0 Å². The molecule has 70 valence electrons. The van der Waals surface area contributed by atoms with Crippen molar-refractivity contribution in [3.05, 3.63) is 0 Å². The molecule has 1 nitrogen and oxygen atoms in total. The van der Waals surface area contributed by atoms with Gasteiger partial charge in [0, 0.05) is 7.11 Å². The van der Waals surface area contributed by atoms with Crippen LogP contribution in [0.2, 0.25) is 0 Å². The van der Waals surface area contributed by atoms with Gasteiger partial charge < -0.3 is 5.11 Å². The summed E-state index contributed by atoms with van der Waals surface area (Å²) in [6, 6.07) is 0. The van der Waals surface area contributed by atoms with Crippen LogP contribution < -0.4 is 0 Å². The normalized spacial score (nSPS) is 48.5. The van der Waals surface area contributed by atoms with Crippen LogP contribution in [0.4, 0.5) is 0 Å². The monoisotopic (exact) mass is 168 g/mol. The molecule has 4 unspecified atom stereocenters. The molecule has 3 saturated carbocycles. The van der Waals surface area contributed by atoms with Gasteiger partial charge in [0.05, 0.1) is 0 Å². The Morgan fingerprint density at radius 3 is 1.83 bits per heavy atom. The van der Waals surface area contributed by atoms with Gasteiger partial charge in [-0.15, -0.1) is 0 Å². The second kappa shape index (κ2) is 3.37. The molecule has 3 aliphatic rings. The van der Waals surface area contributed by atoms with Gasteiger partial charge in [-0.1, -0.05) is 6.42 Å². The van der Waals surface area contributed by atoms with Gasteiger partial charge in [-0.2, -0.15) is 0 Å². The van der Waals surface area contributed by atoms with E-state index in [1.54, 1.807) is 38.5 Å². The fraction of sp³-hybridized carbons (Fsp3) is 1.00. The van der Waals surface area contributed by atoms with Crippen molar-refractivity contribution in [1.82, 2.24) is 0 Å². The van der Waals surface area contributed by atoms with Crippen molar-refractivity contribution in [2.24, 2.45) is 23.7 Å². The Hall–Kier alpha value is -0.0400. The van der Waals surface area contributed by atoms with Crippen molar-refractivity contribution >= 4 is 0 Å². The third-order valence-corrected chi connectivity index (χ3v) is 4.35. The van der Waals surface area contributed by atoms with E-state index in [-0.39, 0.29) is 0 Å². The Bertz CT molecular complexity index is 139. The lowest BCUT2D eigenvalue weighted by Crippen LogP contribution is -2.15. The predicted octanol–water partition coefficient (Wildman–Crippen LogP) is 2.44. The Balaban J connectivity index is 0.000000264. The third kappa shape index (κ3) is 1.10. The van der Waals surface area contributed by atoms with Crippen LogP contribution in [0.25, 0.3) is 0 Å². The van der Waals surface area contributed by atoms with Crippen molar-refractivity contribution < 1.29 is 5.11 Å². The van der Waals surface area contributed by atoms with E-state index < -0.39 is 0 Å². The molecule has 0 aromatic heterocycles. The zero-order valence-corrected chi connectivity index (χ0v) is 8.00. The predicted molar refractivity (Wildman–Crippen MR) is 49.8 cm³/mol. The van der Waals surface area contributed by atoms with Gasteiger partial charge in [0.2, 0.25) is 0 Å². The van der Waals surface area contributed by atoms with Crippen molar-refractivity contribution in [3.8, 4) is 0 Å². The second-order valence-corrected chi connectivity index (χ2v) is 4.59. The van der Waals surface area contributed by atoms with Gasteiger partial charge in [0.25, 0.3) is 0 Å². The van der Waals surface area contributed by atoms with Crippen molar-refractivity contribution in [3.63, 3.8) is 0 Å². The largest absolute Gasteiger partial charge is 0.400 e. The van der Waals surface area contributed by atoms with Crippen LogP contribution >= 0.6 is 0 Å². The van der Waals surface area contributed by atoms with Gasteiger partial charge in [-0.3, -0.25) is 0 Å². The number of aliphatic hydroxyl groups excluding tert-OH is 1. The van der Waals surface area contributed by atoms with Crippen molar-refractivity contribution in [1.29, 1.82) is 0 Å². The molecule has 0 aromatic rings. The van der Waals surface area contributed by atoms with Gasteiger partial charge in [-0.25, -0.2) is 0 Å². The molecule has 12 heavy (non-hydrogen) atoms. The summed E-state index contributed by atoms with van der Waals surface area (Å²) >= 11 is 0. The number of rotatable bonds is 0. The maximum atomic E-state index is 7.00. The SMILES string of the molecule is C1CC2C3CCC(C3)C2C1.CO. The van der Waals surface area contributed by atoms with Crippen LogP contribution in [0.3, 0.4) is 0 Å². The van der Waals surface area contributed by atoms with E-state index in [0.29, 0.717) is 0 Å². The van der Waals surface area contributed by atoms with Crippen LogP contribution in [0.5, 0.6) is 0 Å². The maximum Gasteiger partial charge on any atom is 0.0319 e. The van der Waals surface area contributed by atoms with E-state index in [1.807, 2.05) is 0 Å². The fourth-order valence-electron chi connectivity index (χ4n) is 4.02. The zero-order valence-electron chi connectivity index (χ0n) is 8.00. The Labute approximate surface area is 75.2 Å². The summed E-state index contributed by atoms with van der Waals surface area (Å²) in [7, 11) is 1.00. The molecule has 0 radical (unpaired) electrons. The lowest BCUT2D eigenvalue weighted by molar-refractivity contribution is 0.259. The topological polar surface area (TPSA) is 20.2 Å². The van der Waals surface area contributed by atoms with Crippen molar-refractivity contribution in [2.75, 3.05) is 7.11 Å². The lowest BCUT2D eigenvalue weighted by atomic mass is 9.82. The number of aliphatic hydroxyl groups is 1. The highest BCUT2D eigenvalue weighted by molar-refractivity contribution is 4.98. The van der Waals surface area contributed by atoms with Crippen LogP contribution in [0.1, 0.15) is 38.5 Å². The molecule has 0 heterocycles. The maximum absolute atomic E-state index is 7.00. The van der Waals surface area contributed by atoms with E-state index in [4.69, 9.17) is 5.11 Å². The number of hydrogen-bond donors (Lipinski definition) is 1. The van der Waals surface area contributed by atoms with E-state index in [1.165, 1.54) is 23.7 Å². The Kier molecular flexibility index (Phi) is 2.40. The van der Waals surface area contributed by atoms with Crippen molar-refractivity contribution in [2.45, 2.75) is 38.5 Å². The summed E-state index contributed by atoms with van der Waals surface area (Å²) in [5.74, 6) is 4.80. The van der Waals surface area contributed by atoms with Crippen LogP contribution in [0, 0.1) is 23.7 Å².